The van der Waals surface area contributed by atoms with Gasteiger partial charge < -0.3 is 9.16 Å². The molecule has 3 nitrogen and oxygen atoms in total. The van der Waals surface area contributed by atoms with E-state index in [1.54, 1.807) is 0 Å². The van der Waals surface area contributed by atoms with Crippen LogP contribution in [0.5, 0.6) is 0 Å². The molecule has 0 bridgehead atoms. The second-order valence-electron chi connectivity index (χ2n) is 14.3. The van der Waals surface area contributed by atoms with Gasteiger partial charge in [-0.15, -0.1) is 0 Å². The van der Waals surface area contributed by atoms with Gasteiger partial charge in [0.2, 0.25) is 0 Å². The normalized spacial score (nSPS) is 46.1. The van der Waals surface area contributed by atoms with Crippen LogP contribution in [0.3, 0.4) is 0 Å². The largest absolute Gasteiger partial charge is 0.468 e. The molecule has 0 radical (unpaired) electrons. The number of rotatable bonds is 6. The number of carbonyl (C=O) groups excluding carboxylic acids is 1. The molecule has 34 heavy (non-hydrogen) atoms. The molecule has 4 saturated carbocycles. The summed E-state index contributed by atoms with van der Waals surface area (Å²) < 4.78 is 12.1. The minimum absolute atomic E-state index is 0.0295. The van der Waals surface area contributed by atoms with Crippen LogP contribution in [-0.4, -0.2) is 31.4 Å². The Hall–Kier alpha value is 0.377. The number of halogens is 1. The van der Waals surface area contributed by atoms with E-state index in [9.17, 15) is 4.79 Å². The lowest BCUT2D eigenvalue weighted by molar-refractivity contribution is -0.164. The molecule has 0 aromatic rings. The summed E-state index contributed by atoms with van der Waals surface area (Å²) in [6, 6.07) is 0. The van der Waals surface area contributed by atoms with E-state index in [2.05, 4.69) is 69.9 Å². The third kappa shape index (κ3) is 4.93. The monoisotopic (exact) mass is 602 g/mol. The third-order valence-electron chi connectivity index (χ3n) is 11.2. The highest BCUT2D eigenvalue weighted by atomic mass is 127. The van der Waals surface area contributed by atoms with Crippen LogP contribution in [-0.2, 0) is 14.0 Å². The lowest BCUT2D eigenvalue weighted by Gasteiger charge is -2.63. The number of alkyl halides is 1. The number of esters is 1. The summed E-state index contributed by atoms with van der Waals surface area (Å²) in [5.74, 6) is 5.28. The summed E-state index contributed by atoms with van der Waals surface area (Å²) in [5.41, 5.74) is 0.902. The van der Waals surface area contributed by atoms with Gasteiger partial charge in [0, 0.05) is 6.10 Å². The molecule has 0 N–H and O–H groups in total. The first-order valence-corrected chi connectivity index (χ1v) is 18.8. The number of hydrogen-bond donors (Lipinski definition) is 0. The van der Waals surface area contributed by atoms with Gasteiger partial charge >= 0.3 is 5.97 Å². The van der Waals surface area contributed by atoms with Crippen molar-refractivity contribution in [3.05, 3.63) is 0 Å². The van der Waals surface area contributed by atoms with Crippen molar-refractivity contribution in [1.82, 2.24) is 0 Å². The van der Waals surface area contributed by atoms with Crippen LogP contribution in [0.25, 0.3) is 0 Å². The van der Waals surface area contributed by atoms with E-state index in [-0.39, 0.29) is 9.89 Å². The van der Waals surface area contributed by atoms with Crippen LogP contribution in [0.2, 0.25) is 19.6 Å². The van der Waals surface area contributed by atoms with Gasteiger partial charge in [0.25, 0.3) is 0 Å². The van der Waals surface area contributed by atoms with Crippen molar-refractivity contribution in [3.8, 4) is 0 Å². The fourth-order valence-corrected chi connectivity index (χ4v) is 11.9. The summed E-state index contributed by atoms with van der Waals surface area (Å²) in [6.07, 6.45) is 12.4. The molecule has 11 atom stereocenters. The van der Waals surface area contributed by atoms with Gasteiger partial charge in [0.15, 0.2) is 8.32 Å². The van der Waals surface area contributed by atoms with Gasteiger partial charge in [-0.3, -0.25) is 4.79 Å². The minimum Gasteiger partial charge on any atom is -0.468 e. The van der Waals surface area contributed by atoms with E-state index in [0.717, 1.165) is 36.0 Å². The molecule has 0 aromatic heterocycles. The summed E-state index contributed by atoms with van der Waals surface area (Å²) in [5, 5.41) is 0. The highest BCUT2D eigenvalue weighted by Crippen LogP contribution is 2.69. The molecular formula is C29H51IO3Si. The Morgan fingerprint density at radius 2 is 1.68 bits per heavy atom. The molecule has 4 fully saturated rings. The molecule has 0 aromatic carbocycles. The number of ether oxygens (including phenoxy) is 1. The number of carbonyl (C=O) groups is 1. The molecular weight excluding hydrogens is 551 g/mol. The molecule has 0 saturated heterocycles. The molecule has 4 aliphatic carbocycles. The Labute approximate surface area is 224 Å². The van der Waals surface area contributed by atoms with Crippen LogP contribution in [0, 0.1) is 52.3 Å². The maximum atomic E-state index is 12.1. The van der Waals surface area contributed by atoms with Gasteiger partial charge in [0.05, 0.1) is 7.11 Å². The molecule has 0 heterocycles. The van der Waals surface area contributed by atoms with E-state index >= 15 is 0 Å². The average Bonchev–Trinajstić information content (AvgIpc) is 3.10. The predicted octanol–water partition coefficient (Wildman–Crippen LogP) is 8.11. The molecule has 0 spiro atoms. The zero-order chi connectivity index (χ0) is 25.1. The van der Waals surface area contributed by atoms with Crippen molar-refractivity contribution in [2.75, 3.05) is 7.11 Å². The van der Waals surface area contributed by atoms with Crippen LogP contribution >= 0.6 is 22.6 Å². The third-order valence-corrected chi connectivity index (χ3v) is 13.2. The first-order valence-electron chi connectivity index (χ1n) is 14.2. The van der Waals surface area contributed by atoms with Gasteiger partial charge in [-0.05, 0) is 123 Å². The molecule has 5 heteroatoms. The first kappa shape index (κ1) is 27.4. The van der Waals surface area contributed by atoms with Crippen molar-refractivity contribution in [2.45, 2.75) is 115 Å². The SMILES string of the molecule is COC(=O)C(I)C[C@@H](C)[C@H]1CC[C@H]2[C@@H]3[C@H](O[Si](C)(C)C)C[C@@H]4C[C@H](C)CC[C@]4(C)[C@H]3CC[C@]12C. The van der Waals surface area contributed by atoms with Gasteiger partial charge in [-0.1, -0.05) is 56.7 Å². The van der Waals surface area contributed by atoms with E-state index in [4.69, 9.17) is 9.16 Å². The number of hydrogen-bond acceptors (Lipinski definition) is 3. The van der Waals surface area contributed by atoms with Crippen molar-refractivity contribution in [2.24, 2.45) is 52.3 Å². The van der Waals surface area contributed by atoms with Crippen LogP contribution in [0.15, 0.2) is 0 Å². The van der Waals surface area contributed by atoms with E-state index in [1.165, 1.54) is 58.5 Å². The van der Waals surface area contributed by atoms with E-state index in [1.807, 2.05) is 0 Å². The smallest absolute Gasteiger partial charge is 0.318 e. The van der Waals surface area contributed by atoms with Crippen LogP contribution in [0.4, 0.5) is 0 Å². The van der Waals surface area contributed by atoms with Crippen molar-refractivity contribution in [1.29, 1.82) is 0 Å². The quantitative estimate of drug-likeness (QED) is 0.133. The molecule has 196 valence electrons. The minimum atomic E-state index is -1.62. The van der Waals surface area contributed by atoms with Crippen LogP contribution < -0.4 is 0 Å². The summed E-state index contributed by atoms with van der Waals surface area (Å²) in [7, 11) is -0.0947. The highest BCUT2D eigenvalue weighted by Gasteiger charge is 2.63. The molecule has 0 amide bonds. The average molecular weight is 603 g/mol. The van der Waals surface area contributed by atoms with E-state index in [0.29, 0.717) is 28.8 Å². The zero-order valence-electron chi connectivity index (χ0n) is 23.2. The molecule has 4 rings (SSSR count). The van der Waals surface area contributed by atoms with Gasteiger partial charge in [0.1, 0.15) is 3.92 Å². The standard InChI is InChI=1S/C29H51IO3Si/c1-18-11-13-28(3)20(15-18)17-25(33-34(6,7)8)26-22-10-9-21(29(22,4)14-12-23(26)28)19(2)16-24(30)27(31)32-5/h18-26H,9-17H2,1-8H3/t18-,19-,20+,21-,22+,23+,24?,25-,26+,28+,29-/m1/s1. The fourth-order valence-electron chi connectivity index (χ4n) is 9.68. The van der Waals surface area contributed by atoms with Crippen LogP contribution in [0.1, 0.15) is 85.5 Å². The van der Waals surface area contributed by atoms with Gasteiger partial charge in [-0.25, -0.2) is 0 Å². The number of methoxy groups -OCH3 is 1. The molecule has 4 aliphatic rings. The second kappa shape index (κ2) is 9.92. The second-order valence-corrected chi connectivity index (χ2v) is 20.3. The fraction of sp³-hybridized carbons (Fsp3) is 0.966. The Balaban J connectivity index is 1.61. The Kier molecular flexibility index (Phi) is 8.00. The summed E-state index contributed by atoms with van der Waals surface area (Å²) >= 11 is 2.30. The Morgan fingerprint density at radius 3 is 2.32 bits per heavy atom. The van der Waals surface area contributed by atoms with Crippen molar-refractivity contribution >= 4 is 36.9 Å². The predicted molar refractivity (Wildman–Crippen MR) is 152 cm³/mol. The lowest BCUT2D eigenvalue weighted by Crippen LogP contribution is -2.60. The van der Waals surface area contributed by atoms with E-state index < -0.39 is 8.32 Å². The lowest BCUT2D eigenvalue weighted by atomic mass is 9.43. The van der Waals surface area contributed by atoms with Crippen molar-refractivity contribution < 1.29 is 14.0 Å². The Morgan fingerprint density at radius 1 is 1.03 bits per heavy atom. The van der Waals surface area contributed by atoms with Gasteiger partial charge in [-0.2, -0.15) is 0 Å². The number of fused-ring (bicyclic) bond motifs is 5. The molecule has 1 unspecified atom stereocenters. The highest BCUT2D eigenvalue weighted by molar-refractivity contribution is 14.1. The zero-order valence-corrected chi connectivity index (χ0v) is 26.3. The Bertz CT molecular complexity index is 752. The molecule has 0 aliphatic heterocycles. The summed E-state index contributed by atoms with van der Waals surface area (Å²) in [6.45, 7) is 17.4. The first-order chi connectivity index (χ1) is 15.8. The summed E-state index contributed by atoms with van der Waals surface area (Å²) in [4.78, 5) is 12.1. The topological polar surface area (TPSA) is 35.5 Å². The maximum Gasteiger partial charge on any atom is 0.318 e. The maximum absolute atomic E-state index is 12.1. The van der Waals surface area contributed by atoms with Crippen molar-refractivity contribution in [3.63, 3.8) is 0 Å².